The Balaban J connectivity index is 1.86. The summed E-state index contributed by atoms with van der Waals surface area (Å²) < 4.78 is 19.5. The topological polar surface area (TPSA) is 84.5 Å². The number of amides is 2. The van der Waals surface area contributed by atoms with Crippen molar-refractivity contribution in [2.45, 2.75) is 0 Å². The lowest BCUT2D eigenvalue weighted by atomic mass is 10.1. The van der Waals surface area contributed by atoms with Gasteiger partial charge in [-0.05, 0) is 60.2 Å². The fourth-order valence-electron chi connectivity index (χ4n) is 2.72. The van der Waals surface area contributed by atoms with Crippen LogP contribution >= 0.6 is 15.9 Å². The molecule has 0 heterocycles. The fraction of sp³-hybridized carbons (Fsp3) is 0.0417. The van der Waals surface area contributed by atoms with Gasteiger partial charge in [0.05, 0.1) is 18.2 Å². The Morgan fingerprint density at radius 3 is 2.22 bits per heavy atom. The standard InChI is InChI=1S/C24H18BrFN2O4/c1-32-24(31)16-8-12-18(13-9-16)27-23(30)21(14-15-6-10-17(25)11-7-15)28-22(29)19-4-2-3-5-20(19)26/h2-14H,1H3,(H,27,30)(H,28,29)/b21-14+. The van der Waals surface area contributed by atoms with E-state index in [9.17, 15) is 18.8 Å². The molecule has 0 unspecified atom stereocenters. The maximum absolute atomic E-state index is 14.0. The molecular formula is C24H18BrFN2O4. The van der Waals surface area contributed by atoms with Gasteiger partial charge >= 0.3 is 5.97 Å². The molecule has 0 aliphatic rings. The van der Waals surface area contributed by atoms with Crippen LogP contribution in [0, 0.1) is 5.82 Å². The van der Waals surface area contributed by atoms with Crippen molar-refractivity contribution in [1.82, 2.24) is 5.32 Å². The highest BCUT2D eigenvalue weighted by Crippen LogP contribution is 2.16. The van der Waals surface area contributed by atoms with E-state index < -0.39 is 23.6 Å². The van der Waals surface area contributed by atoms with Crippen LogP contribution in [0.3, 0.4) is 0 Å². The van der Waals surface area contributed by atoms with E-state index in [1.807, 2.05) is 0 Å². The van der Waals surface area contributed by atoms with E-state index >= 15 is 0 Å². The van der Waals surface area contributed by atoms with Crippen LogP contribution in [0.25, 0.3) is 6.08 Å². The van der Waals surface area contributed by atoms with Gasteiger partial charge in [-0.2, -0.15) is 0 Å². The number of hydrogen-bond donors (Lipinski definition) is 2. The molecule has 2 amide bonds. The second-order valence-corrected chi connectivity index (χ2v) is 7.48. The lowest BCUT2D eigenvalue weighted by Crippen LogP contribution is -2.31. The minimum absolute atomic E-state index is 0.0855. The van der Waals surface area contributed by atoms with Gasteiger partial charge in [0.25, 0.3) is 11.8 Å². The van der Waals surface area contributed by atoms with Crippen molar-refractivity contribution in [3.63, 3.8) is 0 Å². The van der Waals surface area contributed by atoms with E-state index in [1.165, 1.54) is 55.7 Å². The minimum Gasteiger partial charge on any atom is -0.465 e. The molecular weight excluding hydrogens is 479 g/mol. The van der Waals surface area contributed by atoms with E-state index in [-0.39, 0.29) is 11.3 Å². The van der Waals surface area contributed by atoms with Gasteiger partial charge in [0.15, 0.2) is 0 Å². The van der Waals surface area contributed by atoms with Crippen molar-refractivity contribution in [3.8, 4) is 0 Å². The summed E-state index contributed by atoms with van der Waals surface area (Å²) in [7, 11) is 1.27. The van der Waals surface area contributed by atoms with E-state index in [1.54, 1.807) is 24.3 Å². The first-order chi connectivity index (χ1) is 15.4. The maximum atomic E-state index is 14.0. The maximum Gasteiger partial charge on any atom is 0.337 e. The number of esters is 1. The van der Waals surface area contributed by atoms with Crippen LogP contribution in [0.2, 0.25) is 0 Å². The van der Waals surface area contributed by atoms with Crippen LogP contribution in [0.4, 0.5) is 10.1 Å². The Morgan fingerprint density at radius 2 is 1.59 bits per heavy atom. The molecule has 0 fully saturated rings. The van der Waals surface area contributed by atoms with Crippen LogP contribution in [0.1, 0.15) is 26.3 Å². The van der Waals surface area contributed by atoms with Crippen LogP contribution in [0.5, 0.6) is 0 Å². The lowest BCUT2D eigenvalue weighted by Gasteiger charge is -2.12. The molecule has 6 nitrogen and oxygen atoms in total. The molecule has 162 valence electrons. The summed E-state index contributed by atoms with van der Waals surface area (Å²) in [6.45, 7) is 0. The van der Waals surface area contributed by atoms with Gasteiger partial charge in [-0.1, -0.05) is 40.2 Å². The highest BCUT2D eigenvalue weighted by Gasteiger charge is 2.17. The fourth-order valence-corrected chi connectivity index (χ4v) is 2.99. The molecule has 0 aromatic heterocycles. The summed E-state index contributed by atoms with van der Waals surface area (Å²) >= 11 is 3.34. The quantitative estimate of drug-likeness (QED) is 0.379. The third-order valence-corrected chi connectivity index (χ3v) is 4.88. The molecule has 0 aliphatic heterocycles. The van der Waals surface area contributed by atoms with Gasteiger partial charge in [0, 0.05) is 10.2 Å². The van der Waals surface area contributed by atoms with E-state index in [0.717, 1.165) is 10.5 Å². The molecule has 0 bridgehead atoms. The molecule has 0 spiro atoms. The number of halogens is 2. The number of ether oxygens (including phenoxy) is 1. The Kier molecular flexibility index (Phi) is 7.51. The molecule has 3 rings (SSSR count). The Labute approximate surface area is 192 Å². The van der Waals surface area contributed by atoms with Crippen LogP contribution in [0.15, 0.2) is 83.0 Å². The second kappa shape index (κ2) is 10.5. The number of carbonyl (C=O) groups excluding carboxylic acids is 3. The average molecular weight is 497 g/mol. The Bertz CT molecular complexity index is 1180. The van der Waals surface area contributed by atoms with Crippen molar-refractivity contribution in [2.75, 3.05) is 12.4 Å². The SMILES string of the molecule is COC(=O)c1ccc(NC(=O)/C(=C\c2ccc(Br)cc2)NC(=O)c2ccccc2F)cc1. The summed E-state index contributed by atoms with van der Waals surface area (Å²) in [5.41, 5.74) is 1.09. The third kappa shape index (κ3) is 5.89. The lowest BCUT2D eigenvalue weighted by molar-refractivity contribution is -0.113. The molecule has 0 radical (unpaired) electrons. The minimum atomic E-state index is -0.761. The van der Waals surface area contributed by atoms with Crippen molar-refractivity contribution < 1.29 is 23.5 Å². The smallest absolute Gasteiger partial charge is 0.337 e. The molecule has 3 aromatic rings. The third-order valence-electron chi connectivity index (χ3n) is 4.36. The van der Waals surface area contributed by atoms with Crippen LogP contribution in [-0.2, 0) is 9.53 Å². The molecule has 2 N–H and O–H groups in total. The zero-order valence-electron chi connectivity index (χ0n) is 16.9. The number of rotatable bonds is 6. The highest BCUT2D eigenvalue weighted by molar-refractivity contribution is 9.10. The molecule has 3 aromatic carbocycles. The number of hydrogen-bond acceptors (Lipinski definition) is 4. The Hall–Kier alpha value is -3.78. The van der Waals surface area contributed by atoms with Crippen LogP contribution < -0.4 is 10.6 Å². The van der Waals surface area contributed by atoms with Crippen molar-refractivity contribution in [3.05, 3.63) is 105 Å². The predicted molar refractivity (Wildman–Crippen MR) is 122 cm³/mol. The normalized spacial score (nSPS) is 10.9. The summed E-state index contributed by atoms with van der Waals surface area (Å²) in [5.74, 6) is -2.59. The zero-order chi connectivity index (χ0) is 23.1. The van der Waals surface area contributed by atoms with Gasteiger partial charge in [-0.25, -0.2) is 9.18 Å². The van der Waals surface area contributed by atoms with Gasteiger partial charge in [0.1, 0.15) is 11.5 Å². The van der Waals surface area contributed by atoms with Crippen molar-refractivity contribution >= 4 is 45.5 Å². The van der Waals surface area contributed by atoms with Gasteiger partial charge in [-0.3, -0.25) is 9.59 Å². The van der Waals surface area contributed by atoms with Crippen molar-refractivity contribution in [2.24, 2.45) is 0 Å². The highest BCUT2D eigenvalue weighted by atomic mass is 79.9. The molecule has 0 saturated heterocycles. The number of anilines is 1. The zero-order valence-corrected chi connectivity index (χ0v) is 18.5. The first kappa shape index (κ1) is 22.9. The monoisotopic (exact) mass is 496 g/mol. The number of carbonyl (C=O) groups is 3. The average Bonchev–Trinajstić information content (AvgIpc) is 2.80. The number of benzene rings is 3. The van der Waals surface area contributed by atoms with Crippen molar-refractivity contribution in [1.29, 1.82) is 0 Å². The summed E-state index contributed by atoms with van der Waals surface area (Å²) in [6.07, 6.45) is 1.48. The van der Waals surface area contributed by atoms with Gasteiger partial charge < -0.3 is 15.4 Å². The number of nitrogens with one attached hydrogen (secondary N) is 2. The summed E-state index contributed by atoms with van der Waals surface area (Å²) in [4.78, 5) is 37.1. The summed E-state index contributed by atoms with van der Waals surface area (Å²) in [6, 6.07) is 18.6. The van der Waals surface area contributed by atoms with E-state index in [2.05, 4.69) is 31.3 Å². The number of methoxy groups -OCH3 is 1. The second-order valence-electron chi connectivity index (χ2n) is 6.57. The van der Waals surface area contributed by atoms with Gasteiger partial charge in [-0.15, -0.1) is 0 Å². The van der Waals surface area contributed by atoms with E-state index in [4.69, 9.17) is 0 Å². The predicted octanol–water partition coefficient (Wildman–Crippen LogP) is 4.78. The van der Waals surface area contributed by atoms with Crippen LogP contribution in [-0.4, -0.2) is 24.9 Å². The molecule has 0 aliphatic carbocycles. The Morgan fingerprint density at radius 1 is 0.938 bits per heavy atom. The largest absolute Gasteiger partial charge is 0.465 e. The van der Waals surface area contributed by atoms with E-state index in [0.29, 0.717) is 16.8 Å². The first-order valence-corrected chi connectivity index (χ1v) is 10.2. The first-order valence-electron chi connectivity index (χ1n) is 9.40. The molecule has 0 saturated carbocycles. The molecule has 32 heavy (non-hydrogen) atoms. The summed E-state index contributed by atoms with van der Waals surface area (Å²) in [5, 5.41) is 5.13. The molecule has 8 heteroatoms. The van der Waals surface area contributed by atoms with Gasteiger partial charge in [0.2, 0.25) is 0 Å². The molecule has 0 atom stereocenters.